The van der Waals surface area contributed by atoms with E-state index in [1.807, 2.05) is 20.8 Å². The smallest absolute Gasteiger partial charge is 0.323 e. The molecule has 214 valence electrons. The molecule has 2 N–H and O–H groups in total. The Labute approximate surface area is 226 Å². The summed E-state index contributed by atoms with van der Waals surface area (Å²) in [6, 6.07) is 3.73. The van der Waals surface area contributed by atoms with E-state index in [2.05, 4.69) is 0 Å². The first-order valence-electron chi connectivity index (χ1n) is 13.6. The van der Waals surface area contributed by atoms with Crippen LogP contribution in [0.15, 0.2) is 18.2 Å². The van der Waals surface area contributed by atoms with Crippen LogP contribution in [-0.4, -0.2) is 42.6 Å². The Kier molecular flexibility index (Phi) is 14.6. The Morgan fingerprint density at radius 1 is 0.763 bits per heavy atom. The van der Waals surface area contributed by atoms with Crippen molar-refractivity contribution in [1.29, 1.82) is 0 Å². The zero-order valence-corrected chi connectivity index (χ0v) is 23.9. The molecule has 38 heavy (non-hydrogen) atoms. The molecule has 0 aliphatic rings. The second kappa shape index (κ2) is 16.8. The summed E-state index contributed by atoms with van der Waals surface area (Å²) in [4.78, 5) is 49.5. The van der Waals surface area contributed by atoms with Crippen molar-refractivity contribution in [3.8, 4) is 11.5 Å². The number of benzene rings is 1. The second-order valence-corrected chi connectivity index (χ2v) is 10.0. The molecule has 0 aliphatic carbocycles. The van der Waals surface area contributed by atoms with E-state index in [0.29, 0.717) is 24.8 Å². The van der Waals surface area contributed by atoms with Gasteiger partial charge in [-0.3, -0.25) is 19.2 Å². The third kappa shape index (κ3) is 11.2. The van der Waals surface area contributed by atoms with Gasteiger partial charge in [0.2, 0.25) is 0 Å². The highest BCUT2D eigenvalue weighted by Crippen LogP contribution is 2.31. The molecule has 0 aromatic heterocycles. The predicted octanol–water partition coefficient (Wildman–Crippen LogP) is 4.76. The molecule has 0 saturated carbocycles. The number of hydrogen-bond donors (Lipinski definition) is 1. The zero-order chi connectivity index (χ0) is 28.8. The Hall–Kier alpha value is -2.94. The first kappa shape index (κ1) is 33.1. The van der Waals surface area contributed by atoms with Gasteiger partial charge in [0.15, 0.2) is 11.5 Å². The lowest BCUT2D eigenvalue weighted by molar-refractivity contribution is -0.160. The van der Waals surface area contributed by atoms with Crippen LogP contribution >= 0.6 is 0 Å². The van der Waals surface area contributed by atoms with Gasteiger partial charge in [0, 0.05) is 0 Å². The molecule has 1 aromatic rings. The SMILES string of the molecule is CCCC(C)C(=O)Oc1ccc(C[C@H](N)C(=O)O[C@@H](C)COC(=O)C(C)CC)cc1OC(=O)C(C)CCC. The summed E-state index contributed by atoms with van der Waals surface area (Å²) in [7, 11) is 0. The number of hydrogen-bond acceptors (Lipinski definition) is 9. The maximum atomic E-state index is 12.6. The van der Waals surface area contributed by atoms with E-state index in [0.717, 1.165) is 12.8 Å². The highest BCUT2D eigenvalue weighted by molar-refractivity contribution is 5.79. The minimum Gasteiger partial charge on any atom is -0.462 e. The summed E-state index contributed by atoms with van der Waals surface area (Å²) in [6.07, 6.45) is 3.06. The highest BCUT2D eigenvalue weighted by Gasteiger charge is 2.24. The van der Waals surface area contributed by atoms with Gasteiger partial charge in [0.1, 0.15) is 18.8 Å². The van der Waals surface area contributed by atoms with Crippen LogP contribution in [0.25, 0.3) is 0 Å². The molecule has 9 nitrogen and oxygen atoms in total. The van der Waals surface area contributed by atoms with Crippen molar-refractivity contribution in [3.63, 3.8) is 0 Å². The first-order valence-corrected chi connectivity index (χ1v) is 13.6. The molecule has 0 fully saturated rings. The summed E-state index contributed by atoms with van der Waals surface area (Å²) in [6.45, 7) is 12.7. The maximum absolute atomic E-state index is 12.6. The lowest BCUT2D eigenvalue weighted by atomic mass is 10.0. The van der Waals surface area contributed by atoms with Crippen molar-refractivity contribution in [1.82, 2.24) is 0 Å². The van der Waals surface area contributed by atoms with E-state index < -0.39 is 30.1 Å². The minimum atomic E-state index is -1.01. The van der Waals surface area contributed by atoms with E-state index in [1.165, 1.54) is 6.07 Å². The number of ether oxygens (including phenoxy) is 4. The van der Waals surface area contributed by atoms with Crippen molar-refractivity contribution < 1.29 is 38.1 Å². The van der Waals surface area contributed by atoms with Crippen molar-refractivity contribution in [2.24, 2.45) is 23.5 Å². The molecule has 1 rings (SSSR count). The van der Waals surface area contributed by atoms with Crippen molar-refractivity contribution in [2.45, 2.75) is 99.1 Å². The van der Waals surface area contributed by atoms with E-state index in [1.54, 1.807) is 39.8 Å². The molecule has 0 bridgehead atoms. The Morgan fingerprint density at radius 3 is 1.84 bits per heavy atom. The molecule has 0 amide bonds. The van der Waals surface area contributed by atoms with E-state index in [4.69, 9.17) is 24.7 Å². The average molecular weight is 536 g/mol. The Bertz CT molecular complexity index is 931. The molecule has 0 saturated heterocycles. The summed E-state index contributed by atoms with van der Waals surface area (Å²) in [5, 5.41) is 0. The molecule has 9 heteroatoms. The van der Waals surface area contributed by atoms with Crippen LogP contribution in [0.3, 0.4) is 0 Å². The quantitative estimate of drug-likeness (QED) is 0.235. The normalized spacial score (nSPS) is 14.9. The standard InChI is InChI=1S/C29H45NO8/c1-8-11-19(5)27(32)37-24-14-13-22(16-25(24)38-28(33)20(6)12-9-2)15-23(30)29(34)36-21(7)17-35-26(31)18(4)10-3/h13-14,16,18-21,23H,8-12,15,17,30H2,1-7H3/t18?,19?,20?,21-,23-/m0/s1. The van der Waals surface area contributed by atoms with Gasteiger partial charge in [-0.15, -0.1) is 0 Å². The Morgan fingerprint density at radius 2 is 1.32 bits per heavy atom. The van der Waals surface area contributed by atoms with Gasteiger partial charge >= 0.3 is 23.9 Å². The number of carbonyl (C=O) groups is 4. The van der Waals surface area contributed by atoms with E-state index in [-0.39, 0.29) is 48.2 Å². The van der Waals surface area contributed by atoms with Gasteiger partial charge < -0.3 is 24.7 Å². The van der Waals surface area contributed by atoms with Crippen LogP contribution in [-0.2, 0) is 35.1 Å². The van der Waals surface area contributed by atoms with Crippen LogP contribution in [0, 0.1) is 17.8 Å². The predicted molar refractivity (Wildman–Crippen MR) is 144 cm³/mol. The largest absolute Gasteiger partial charge is 0.462 e. The monoisotopic (exact) mass is 535 g/mol. The number of rotatable bonds is 16. The van der Waals surface area contributed by atoms with Crippen molar-refractivity contribution >= 4 is 23.9 Å². The van der Waals surface area contributed by atoms with Crippen molar-refractivity contribution in [2.75, 3.05) is 6.61 Å². The van der Waals surface area contributed by atoms with E-state index >= 15 is 0 Å². The summed E-state index contributed by atoms with van der Waals surface area (Å²) in [5.74, 6) is -2.50. The molecule has 0 radical (unpaired) electrons. The third-order valence-corrected chi connectivity index (χ3v) is 6.23. The van der Waals surface area contributed by atoms with Gasteiger partial charge in [0.05, 0.1) is 17.8 Å². The van der Waals surface area contributed by atoms with Crippen LogP contribution in [0.1, 0.15) is 86.1 Å². The highest BCUT2D eigenvalue weighted by atomic mass is 16.6. The zero-order valence-electron chi connectivity index (χ0n) is 23.9. The third-order valence-electron chi connectivity index (χ3n) is 6.23. The van der Waals surface area contributed by atoms with Gasteiger partial charge in [-0.25, -0.2) is 0 Å². The lowest BCUT2D eigenvalue weighted by Crippen LogP contribution is -2.37. The molecule has 0 heterocycles. The lowest BCUT2D eigenvalue weighted by Gasteiger charge is -2.19. The van der Waals surface area contributed by atoms with E-state index in [9.17, 15) is 19.2 Å². The first-order chi connectivity index (χ1) is 17.9. The Balaban J connectivity index is 2.95. The minimum absolute atomic E-state index is 0.0613. The molecule has 0 spiro atoms. The van der Waals surface area contributed by atoms with Crippen LogP contribution in [0.2, 0.25) is 0 Å². The van der Waals surface area contributed by atoms with Gasteiger partial charge in [-0.1, -0.05) is 60.5 Å². The van der Waals surface area contributed by atoms with Crippen molar-refractivity contribution in [3.05, 3.63) is 23.8 Å². The molecular formula is C29H45NO8. The number of carbonyl (C=O) groups excluding carboxylic acids is 4. The van der Waals surface area contributed by atoms with Crippen LogP contribution < -0.4 is 15.2 Å². The summed E-state index contributed by atoms with van der Waals surface area (Å²) < 4.78 is 21.7. The van der Waals surface area contributed by atoms with Gasteiger partial charge in [-0.05, 0) is 50.3 Å². The molecule has 1 aromatic carbocycles. The maximum Gasteiger partial charge on any atom is 0.323 e. The van der Waals surface area contributed by atoms with Gasteiger partial charge in [0.25, 0.3) is 0 Å². The fourth-order valence-electron chi connectivity index (χ4n) is 3.53. The summed E-state index contributed by atoms with van der Waals surface area (Å²) in [5.41, 5.74) is 6.67. The number of nitrogens with two attached hydrogens (primary N) is 1. The summed E-state index contributed by atoms with van der Waals surface area (Å²) >= 11 is 0. The fourth-order valence-corrected chi connectivity index (χ4v) is 3.53. The van der Waals surface area contributed by atoms with Crippen LogP contribution in [0.5, 0.6) is 11.5 Å². The fraction of sp³-hybridized carbons (Fsp3) is 0.655. The second-order valence-electron chi connectivity index (χ2n) is 10.0. The molecule has 0 aliphatic heterocycles. The average Bonchev–Trinajstić information content (AvgIpc) is 2.88. The molecule has 3 unspecified atom stereocenters. The van der Waals surface area contributed by atoms with Gasteiger partial charge in [-0.2, -0.15) is 0 Å². The number of esters is 4. The molecular weight excluding hydrogens is 490 g/mol. The van der Waals surface area contributed by atoms with Crippen LogP contribution in [0.4, 0.5) is 0 Å². The molecule has 5 atom stereocenters. The topological polar surface area (TPSA) is 131 Å².